The van der Waals surface area contributed by atoms with Gasteiger partial charge in [0.15, 0.2) is 0 Å². The Bertz CT molecular complexity index is 128. The van der Waals surface area contributed by atoms with Crippen LogP contribution in [-0.4, -0.2) is 26.8 Å². The fourth-order valence-corrected chi connectivity index (χ4v) is 2.24. The summed E-state index contributed by atoms with van der Waals surface area (Å²) < 4.78 is 5.51. The van der Waals surface area contributed by atoms with E-state index in [1.807, 2.05) is 7.05 Å². The molecule has 13 heavy (non-hydrogen) atoms. The minimum Gasteiger partial charge on any atom is -0.381 e. The number of hydrogen-bond acceptors (Lipinski definition) is 2. The van der Waals surface area contributed by atoms with E-state index in [-0.39, 0.29) is 0 Å². The highest BCUT2D eigenvalue weighted by molar-refractivity contribution is 4.80. The largest absolute Gasteiger partial charge is 0.381 e. The normalized spacial score (nSPS) is 30.0. The number of ether oxygens (including phenoxy) is 1. The Hall–Kier alpha value is -0.0800. The summed E-state index contributed by atoms with van der Waals surface area (Å²) in [5, 5.41) is 3.25. The van der Waals surface area contributed by atoms with Gasteiger partial charge in [-0.15, -0.1) is 0 Å². The Morgan fingerprint density at radius 3 is 2.85 bits per heavy atom. The van der Waals surface area contributed by atoms with Crippen molar-refractivity contribution in [2.75, 3.05) is 26.8 Å². The van der Waals surface area contributed by atoms with Gasteiger partial charge in [0.05, 0.1) is 0 Å². The van der Waals surface area contributed by atoms with Crippen LogP contribution in [0.2, 0.25) is 0 Å². The van der Waals surface area contributed by atoms with E-state index in [1.54, 1.807) is 0 Å². The summed E-state index contributed by atoms with van der Waals surface area (Å²) in [6.45, 7) is 5.41. The number of rotatable bonds is 4. The molecule has 78 valence electrons. The highest BCUT2D eigenvalue weighted by atomic mass is 16.5. The van der Waals surface area contributed by atoms with Gasteiger partial charge in [-0.25, -0.2) is 0 Å². The van der Waals surface area contributed by atoms with E-state index in [0.717, 1.165) is 19.8 Å². The maximum Gasteiger partial charge on any atom is 0.0471 e. The average Bonchev–Trinajstić information content (AvgIpc) is 2.41. The van der Waals surface area contributed by atoms with Crippen LogP contribution < -0.4 is 5.32 Å². The first-order valence-electron chi connectivity index (χ1n) is 5.55. The molecule has 1 aliphatic heterocycles. The summed E-state index contributed by atoms with van der Waals surface area (Å²) in [6.07, 6.45) is 6.47. The maximum absolute atomic E-state index is 5.51. The molecule has 1 atom stereocenters. The third-order valence-electron chi connectivity index (χ3n) is 3.43. The van der Waals surface area contributed by atoms with Gasteiger partial charge in [0.25, 0.3) is 0 Å². The Morgan fingerprint density at radius 1 is 1.31 bits per heavy atom. The van der Waals surface area contributed by atoms with Gasteiger partial charge in [0.2, 0.25) is 0 Å². The van der Waals surface area contributed by atoms with Gasteiger partial charge in [0, 0.05) is 13.2 Å². The molecule has 0 aromatic rings. The van der Waals surface area contributed by atoms with Crippen LogP contribution in [0, 0.1) is 5.41 Å². The van der Waals surface area contributed by atoms with Crippen molar-refractivity contribution >= 4 is 0 Å². The van der Waals surface area contributed by atoms with Crippen LogP contribution in [0.1, 0.15) is 39.0 Å². The summed E-state index contributed by atoms with van der Waals surface area (Å²) in [7, 11) is 2.04. The predicted molar refractivity (Wildman–Crippen MR) is 55.9 cm³/mol. The second kappa shape index (κ2) is 5.61. The Labute approximate surface area is 82.0 Å². The number of hydrogen-bond donors (Lipinski definition) is 1. The highest BCUT2D eigenvalue weighted by Crippen LogP contribution is 2.37. The molecule has 1 heterocycles. The van der Waals surface area contributed by atoms with Crippen LogP contribution in [0.25, 0.3) is 0 Å². The van der Waals surface area contributed by atoms with Gasteiger partial charge >= 0.3 is 0 Å². The van der Waals surface area contributed by atoms with Gasteiger partial charge in [-0.05, 0) is 44.7 Å². The van der Waals surface area contributed by atoms with Crippen LogP contribution in [0.5, 0.6) is 0 Å². The van der Waals surface area contributed by atoms with Crippen molar-refractivity contribution < 1.29 is 4.74 Å². The van der Waals surface area contributed by atoms with E-state index in [4.69, 9.17) is 4.74 Å². The molecule has 0 aromatic carbocycles. The first kappa shape index (κ1) is 11.0. The molecule has 1 N–H and O–H groups in total. The Morgan fingerprint density at radius 2 is 2.15 bits per heavy atom. The van der Waals surface area contributed by atoms with Gasteiger partial charge < -0.3 is 10.1 Å². The Balaban J connectivity index is 2.43. The van der Waals surface area contributed by atoms with Crippen LogP contribution in [0.4, 0.5) is 0 Å². The van der Waals surface area contributed by atoms with E-state index < -0.39 is 0 Å². The SMILES string of the molecule is CCC1(CCNC)CCCOCC1. The van der Waals surface area contributed by atoms with Crippen LogP contribution in [0.15, 0.2) is 0 Å². The molecule has 0 amide bonds. The summed E-state index contributed by atoms with van der Waals surface area (Å²) in [5.41, 5.74) is 0.569. The summed E-state index contributed by atoms with van der Waals surface area (Å²) in [6, 6.07) is 0. The lowest BCUT2D eigenvalue weighted by molar-refractivity contribution is 0.126. The van der Waals surface area contributed by atoms with E-state index >= 15 is 0 Å². The molecule has 0 bridgehead atoms. The second-order valence-electron chi connectivity index (χ2n) is 4.17. The topological polar surface area (TPSA) is 21.3 Å². The fraction of sp³-hybridized carbons (Fsp3) is 1.00. The molecule has 1 unspecified atom stereocenters. The van der Waals surface area contributed by atoms with Crippen molar-refractivity contribution in [1.82, 2.24) is 5.32 Å². The minimum absolute atomic E-state index is 0.569. The van der Waals surface area contributed by atoms with Gasteiger partial charge in [-0.2, -0.15) is 0 Å². The van der Waals surface area contributed by atoms with E-state index in [9.17, 15) is 0 Å². The molecule has 2 heteroatoms. The molecule has 2 nitrogen and oxygen atoms in total. The van der Waals surface area contributed by atoms with Crippen molar-refractivity contribution in [1.29, 1.82) is 0 Å². The fourth-order valence-electron chi connectivity index (χ4n) is 2.24. The Kier molecular flexibility index (Phi) is 4.74. The second-order valence-corrected chi connectivity index (χ2v) is 4.17. The smallest absolute Gasteiger partial charge is 0.0471 e. The third kappa shape index (κ3) is 3.28. The molecule has 0 aliphatic carbocycles. The zero-order valence-electron chi connectivity index (χ0n) is 9.07. The zero-order chi connectivity index (χ0) is 9.57. The molecule has 0 spiro atoms. The summed E-state index contributed by atoms with van der Waals surface area (Å²) in [5.74, 6) is 0. The van der Waals surface area contributed by atoms with Crippen LogP contribution >= 0.6 is 0 Å². The maximum atomic E-state index is 5.51. The molecule has 0 saturated carbocycles. The molecule has 1 rings (SSSR count). The molecule has 1 aliphatic rings. The third-order valence-corrected chi connectivity index (χ3v) is 3.43. The van der Waals surface area contributed by atoms with Crippen molar-refractivity contribution in [2.45, 2.75) is 39.0 Å². The minimum atomic E-state index is 0.569. The standard InChI is InChI=1S/C11H23NO/c1-3-11(6-8-12-2)5-4-9-13-10-7-11/h12H,3-10H2,1-2H3. The lowest BCUT2D eigenvalue weighted by Crippen LogP contribution is -2.25. The van der Waals surface area contributed by atoms with E-state index in [2.05, 4.69) is 12.2 Å². The lowest BCUT2D eigenvalue weighted by atomic mass is 9.75. The molecule has 0 aromatic heterocycles. The monoisotopic (exact) mass is 185 g/mol. The quantitative estimate of drug-likeness (QED) is 0.725. The van der Waals surface area contributed by atoms with E-state index in [0.29, 0.717) is 5.41 Å². The van der Waals surface area contributed by atoms with Crippen molar-refractivity contribution in [3.8, 4) is 0 Å². The highest BCUT2D eigenvalue weighted by Gasteiger charge is 2.28. The predicted octanol–water partition coefficient (Wildman–Crippen LogP) is 2.19. The molecular weight excluding hydrogens is 162 g/mol. The zero-order valence-corrected chi connectivity index (χ0v) is 9.07. The molecule has 1 fully saturated rings. The summed E-state index contributed by atoms with van der Waals surface area (Å²) in [4.78, 5) is 0. The van der Waals surface area contributed by atoms with Crippen molar-refractivity contribution in [3.05, 3.63) is 0 Å². The molecule has 1 saturated heterocycles. The number of nitrogens with one attached hydrogen (secondary N) is 1. The van der Waals surface area contributed by atoms with Gasteiger partial charge in [0.1, 0.15) is 0 Å². The van der Waals surface area contributed by atoms with Crippen molar-refractivity contribution in [3.63, 3.8) is 0 Å². The first-order chi connectivity index (χ1) is 6.33. The molecular formula is C11H23NO. The average molecular weight is 185 g/mol. The molecule has 0 radical (unpaired) electrons. The van der Waals surface area contributed by atoms with E-state index in [1.165, 1.54) is 32.1 Å². The van der Waals surface area contributed by atoms with Gasteiger partial charge in [-0.3, -0.25) is 0 Å². The van der Waals surface area contributed by atoms with Crippen molar-refractivity contribution in [2.24, 2.45) is 5.41 Å². The first-order valence-corrected chi connectivity index (χ1v) is 5.55. The van der Waals surface area contributed by atoms with Crippen LogP contribution in [-0.2, 0) is 4.74 Å². The lowest BCUT2D eigenvalue weighted by Gasteiger charge is -2.31. The van der Waals surface area contributed by atoms with Crippen LogP contribution in [0.3, 0.4) is 0 Å². The summed E-state index contributed by atoms with van der Waals surface area (Å²) >= 11 is 0. The van der Waals surface area contributed by atoms with Gasteiger partial charge in [-0.1, -0.05) is 13.3 Å².